The van der Waals surface area contributed by atoms with Crippen LogP contribution in [-0.2, 0) is 0 Å². The van der Waals surface area contributed by atoms with Crippen LogP contribution in [0.15, 0.2) is 42.5 Å². The highest BCUT2D eigenvalue weighted by Gasteiger charge is 2.19. The second-order valence-electron chi connectivity index (χ2n) is 4.90. The lowest BCUT2D eigenvalue weighted by Gasteiger charge is -2.12. The van der Waals surface area contributed by atoms with Gasteiger partial charge in [0.2, 0.25) is 0 Å². The van der Waals surface area contributed by atoms with Gasteiger partial charge in [-0.05, 0) is 36.5 Å². The SMILES string of the molecule is COc1ccc(C(=O)NC(=S)Nc2ccccc2C(=O)O)cc1[N+](=O)[O-]. The summed E-state index contributed by atoms with van der Waals surface area (Å²) in [6.45, 7) is 0. The summed E-state index contributed by atoms with van der Waals surface area (Å²) < 4.78 is 4.87. The summed E-state index contributed by atoms with van der Waals surface area (Å²) >= 11 is 5.00. The van der Waals surface area contributed by atoms with Crippen LogP contribution >= 0.6 is 12.2 Å². The molecular formula is C16H13N3O6S. The number of carbonyl (C=O) groups excluding carboxylic acids is 1. The summed E-state index contributed by atoms with van der Waals surface area (Å²) in [7, 11) is 1.28. The summed E-state index contributed by atoms with van der Waals surface area (Å²) in [4.78, 5) is 33.7. The molecule has 0 aliphatic heterocycles. The van der Waals surface area contributed by atoms with Crippen molar-refractivity contribution in [3.05, 3.63) is 63.7 Å². The van der Waals surface area contributed by atoms with Gasteiger partial charge in [0.25, 0.3) is 5.91 Å². The summed E-state index contributed by atoms with van der Waals surface area (Å²) in [6, 6.07) is 9.71. The minimum atomic E-state index is -1.16. The number of carboxylic acids is 1. The van der Waals surface area contributed by atoms with Crippen molar-refractivity contribution in [2.24, 2.45) is 0 Å². The third-order valence-corrected chi connectivity index (χ3v) is 3.47. The fraction of sp³-hybridized carbons (Fsp3) is 0.0625. The van der Waals surface area contributed by atoms with Crippen LogP contribution in [0.3, 0.4) is 0 Å². The first-order chi connectivity index (χ1) is 12.3. The number of amides is 1. The molecule has 0 aliphatic carbocycles. The Morgan fingerprint density at radius 3 is 2.54 bits per heavy atom. The zero-order chi connectivity index (χ0) is 19.3. The number of methoxy groups -OCH3 is 1. The van der Waals surface area contributed by atoms with E-state index in [1.165, 1.54) is 31.4 Å². The maximum atomic E-state index is 12.2. The maximum absolute atomic E-state index is 12.2. The predicted octanol–water partition coefficient (Wildman–Crippen LogP) is 2.43. The Morgan fingerprint density at radius 2 is 1.92 bits per heavy atom. The number of hydrogen-bond acceptors (Lipinski definition) is 6. The number of nitrogens with zero attached hydrogens (tertiary/aromatic N) is 1. The molecule has 0 radical (unpaired) electrons. The van der Waals surface area contributed by atoms with Gasteiger partial charge in [-0.1, -0.05) is 12.1 Å². The van der Waals surface area contributed by atoms with E-state index in [4.69, 9.17) is 22.1 Å². The Hall–Kier alpha value is -3.53. The Kier molecular flexibility index (Phi) is 5.81. The first kappa shape index (κ1) is 18.8. The third-order valence-electron chi connectivity index (χ3n) is 3.27. The van der Waals surface area contributed by atoms with Gasteiger partial charge in [0, 0.05) is 11.6 Å². The number of carbonyl (C=O) groups is 2. The first-order valence-corrected chi connectivity index (χ1v) is 7.51. The fourth-order valence-corrected chi connectivity index (χ4v) is 2.28. The highest BCUT2D eigenvalue weighted by molar-refractivity contribution is 7.80. The lowest BCUT2D eigenvalue weighted by molar-refractivity contribution is -0.385. The second kappa shape index (κ2) is 8.03. The summed E-state index contributed by atoms with van der Waals surface area (Å²) in [6.07, 6.45) is 0. The topological polar surface area (TPSA) is 131 Å². The maximum Gasteiger partial charge on any atom is 0.337 e. The Balaban J connectivity index is 2.15. The van der Waals surface area contributed by atoms with Gasteiger partial charge >= 0.3 is 11.7 Å². The van der Waals surface area contributed by atoms with E-state index in [9.17, 15) is 19.7 Å². The van der Waals surface area contributed by atoms with Gasteiger partial charge in [-0.2, -0.15) is 0 Å². The average molecular weight is 375 g/mol. The van der Waals surface area contributed by atoms with Gasteiger partial charge < -0.3 is 15.2 Å². The number of para-hydroxylation sites is 1. The Labute approximate surface area is 152 Å². The van der Waals surface area contributed by atoms with Crippen LogP contribution in [0.5, 0.6) is 5.75 Å². The number of benzene rings is 2. The van der Waals surface area contributed by atoms with Gasteiger partial charge in [0.05, 0.1) is 23.3 Å². The van der Waals surface area contributed by atoms with Crippen LogP contribution < -0.4 is 15.4 Å². The van der Waals surface area contributed by atoms with Crippen molar-refractivity contribution in [3.63, 3.8) is 0 Å². The fourth-order valence-electron chi connectivity index (χ4n) is 2.08. The van der Waals surface area contributed by atoms with Crippen molar-refractivity contribution in [2.45, 2.75) is 0 Å². The van der Waals surface area contributed by atoms with Gasteiger partial charge in [0.1, 0.15) is 0 Å². The molecule has 0 fully saturated rings. The minimum Gasteiger partial charge on any atom is -0.490 e. The van der Waals surface area contributed by atoms with E-state index in [1.807, 2.05) is 0 Å². The van der Waals surface area contributed by atoms with Gasteiger partial charge in [-0.15, -0.1) is 0 Å². The van der Waals surface area contributed by atoms with E-state index in [2.05, 4.69) is 10.6 Å². The molecule has 0 spiro atoms. The minimum absolute atomic E-state index is 0.00632. The summed E-state index contributed by atoms with van der Waals surface area (Å²) in [5, 5.41) is 24.9. The number of ether oxygens (including phenoxy) is 1. The predicted molar refractivity (Wildman–Crippen MR) is 96.7 cm³/mol. The highest BCUT2D eigenvalue weighted by Crippen LogP contribution is 2.27. The second-order valence-corrected chi connectivity index (χ2v) is 5.31. The van der Waals surface area contributed by atoms with E-state index in [1.54, 1.807) is 12.1 Å². The molecule has 0 saturated heterocycles. The molecule has 2 aromatic rings. The van der Waals surface area contributed by atoms with Crippen LogP contribution in [0.25, 0.3) is 0 Å². The largest absolute Gasteiger partial charge is 0.490 e. The number of anilines is 1. The normalized spacial score (nSPS) is 9.88. The Morgan fingerprint density at radius 1 is 1.23 bits per heavy atom. The number of nitro benzene ring substituents is 1. The molecule has 0 saturated carbocycles. The molecule has 10 heteroatoms. The molecule has 0 heterocycles. The van der Waals surface area contributed by atoms with Gasteiger partial charge in [-0.25, -0.2) is 4.79 Å². The molecule has 2 aromatic carbocycles. The molecule has 26 heavy (non-hydrogen) atoms. The number of rotatable bonds is 5. The van der Waals surface area contributed by atoms with Crippen LogP contribution in [0.1, 0.15) is 20.7 Å². The van der Waals surface area contributed by atoms with E-state index in [0.29, 0.717) is 0 Å². The monoisotopic (exact) mass is 375 g/mol. The number of nitro groups is 1. The van der Waals surface area contributed by atoms with Crippen LogP contribution in [0, 0.1) is 10.1 Å². The molecule has 1 amide bonds. The number of hydrogen-bond donors (Lipinski definition) is 3. The average Bonchev–Trinajstić information content (AvgIpc) is 2.61. The Bertz CT molecular complexity index is 899. The zero-order valence-electron chi connectivity index (χ0n) is 13.4. The standard InChI is InChI=1S/C16H13N3O6S/c1-25-13-7-6-9(8-12(13)19(23)24)14(20)18-16(26)17-11-5-3-2-4-10(11)15(21)22/h2-8H,1H3,(H,21,22)(H2,17,18,20,26). The molecule has 9 nitrogen and oxygen atoms in total. The van der Waals surface area contributed by atoms with Crippen molar-refractivity contribution in [2.75, 3.05) is 12.4 Å². The van der Waals surface area contributed by atoms with E-state index >= 15 is 0 Å². The van der Waals surface area contributed by atoms with Crippen LogP contribution in [0.4, 0.5) is 11.4 Å². The van der Waals surface area contributed by atoms with Gasteiger partial charge in [-0.3, -0.25) is 20.2 Å². The summed E-state index contributed by atoms with van der Waals surface area (Å²) in [5.74, 6) is -1.84. The molecule has 3 N–H and O–H groups in total. The number of aromatic carboxylic acids is 1. The number of carboxylic acid groups (broad SMARTS) is 1. The molecule has 0 bridgehead atoms. The summed E-state index contributed by atoms with van der Waals surface area (Å²) in [5.41, 5.74) is -0.196. The number of thiocarbonyl (C=S) groups is 1. The van der Waals surface area contributed by atoms with E-state index in [-0.39, 0.29) is 33.4 Å². The van der Waals surface area contributed by atoms with Crippen molar-refractivity contribution in [3.8, 4) is 5.75 Å². The zero-order valence-corrected chi connectivity index (χ0v) is 14.2. The molecule has 134 valence electrons. The third kappa shape index (κ3) is 4.30. The lowest BCUT2D eigenvalue weighted by atomic mass is 10.1. The molecule has 0 unspecified atom stereocenters. The number of nitrogens with one attached hydrogen (secondary N) is 2. The van der Waals surface area contributed by atoms with Crippen molar-refractivity contribution in [1.29, 1.82) is 0 Å². The quantitative estimate of drug-likeness (QED) is 0.412. The molecular weight excluding hydrogens is 362 g/mol. The van der Waals surface area contributed by atoms with E-state index < -0.39 is 16.8 Å². The van der Waals surface area contributed by atoms with Crippen LogP contribution in [0.2, 0.25) is 0 Å². The van der Waals surface area contributed by atoms with E-state index in [0.717, 1.165) is 6.07 Å². The van der Waals surface area contributed by atoms with Crippen LogP contribution in [-0.4, -0.2) is 34.1 Å². The van der Waals surface area contributed by atoms with Crippen molar-refractivity contribution >= 4 is 40.6 Å². The molecule has 0 aromatic heterocycles. The highest BCUT2D eigenvalue weighted by atomic mass is 32.1. The lowest BCUT2D eigenvalue weighted by Crippen LogP contribution is -2.34. The molecule has 2 rings (SSSR count). The molecule has 0 atom stereocenters. The van der Waals surface area contributed by atoms with Gasteiger partial charge in [0.15, 0.2) is 10.9 Å². The smallest absolute Gasteiger partial charge is 0.337 e. The van der Waals surface area contributed by atoms with Crippen molar-refractivity contribution < 1.29 is 24.4 Å². The first-order valence-electron chi connectivity index (χ1n) is 7.10. The molecule has 0 aliphatic rings. The van der Waals surface area contributed by atoms with Crippen molar-refractivity contribution in [1.82, 2.24) is 5.32 Å².